The van der Waals surface area contributed by atoms with E-state index in [1.807, 2.05) is 0 Å². The van der Waals surface area contributed by atoms with E-state index in [0.29, 0.717) is 11.6 Å². The van der Waals surface area contributed by atoms with E-state index in [2.05, 4.69) is 16.9 Å². The highest BCUT2D eigenvalue weighted by molar-refractivity contribution is 5.15. The van der Waals surface area contributed by atoms with Crippen LogP contribution in [0.1, 0.15) is 70.1 Å². The first-order valence-corrected chi connectivity index (χ1v) is 7.32. The van der Waals surface area contributed by atoms with Crippen molar-refractivity contribution in [2.45, 2.75) is 64.4 Å². The van der Waals surface area contributed by atoms with E-state index in [-0.39, 0.29) is 0 Å². The first-order chi connectivity index (χ1) is 9.27. The summed E-state index contributed by atoms with van der Waals surface area (Å²) in [5, 5.41) is 10.0. The zero-order valence-corrected chi connectivity index (χ0v) is 12.1. The summed E-state index contributed by atoms with van der Waals surface area (Å²) in [6.45, 7) is 2.23. The fraction of sp³-hybridized carbons (Fsp3) is 0.733. The lowest BCUT2D eigenvalue weighted by Crippen LogP contribution is -2.02. The van der Waals surface area contributed by atoms with Gasteiger partial charge in [0.05, 0.1) is 18.9 Å². The first kappa shape index (κ1) is 15.9. The lowest BCUT2D eigenvalue weighted by molar-refractivity contribution is 0.158. The molecule has 1 atom stereocenters. The predicted octanol–water partition coefficient (Wildman–Crippen LogP) is 3.66. The van der Waals surface area contributed by atoms with Crippen LogP contribution < -0.4 is 4.74 Å². The van der Waals surface area contributed by atoms with Crippen molar-refractivity contribution in [1.82, 2.24) is 9.97 Å². The highest BCUT2D eigenvalue weighted by atomic mass is 16.5. The van der Waals surface area contributed by atoms with Crippen LogP contribution in [0.4, 0.5) is 0 Å². The summed E-state index contributed by atoms with van der Waals surface area (Å²) in [6, 6.07) is 1.70. The van der Waals surface area contributed by atoms with Gasteiger partial charge in [-0.2, -0.15) is 0 Å². The van der Waals surface area contributed by atoms with Crippen LogP contribution in [0.3, 0.4) is 0 Å². The molecule has 4 heteroatoms. The van der Waals surface area contributed by atoms with Crippen molar-refractivity contribution in [3.8, 4) is 5.88 Å². The van der Waals surface area contributed by atoms with Crippen molar-refractivity contribution in [3.63, 3.8) is 0 Å². The van der Waals surface area contributed by atoms with E-state index < -0.39 is 6.10 Å². The summed E-state index contributed by atoms with van der Waals surface area (Å²) >= 11 is 0. The molecule has 1 aromatic rings. The molecule has 0 bridgehead atoms. The third kappa shape index (κ3) is 6.53. The second-order valence-corrected chi connectivity index (χ2v) is 4.91. The molecule has 0 aromatic carbocycles. The van der Waals surface area contributed by atoms with Gasteiger partial charge in [0.15, 0.2) is 0 Å². The van der Waals surface area contributed by atoms with Crippen LogP contribution in [0.2, 0.25) is 0 Å². The maximum atomic E-state index is 10.0. The average molecular weight is 266 g/mol. The Bertz CT molecular complexity index is 345. The number of unbranched alkanes of at least 4 members (excludes halogenated alkanes) is 6. The standard InChI is InChI=1S/C15H26N2O2/c1-3-4-5-6-7-8-9-10-14(18)13-11-15(19-2)17-12-16-13/h11-12,14,18H,3-10H2,1-2H3. The minimum absolute atomic E-state index is 0.503. The van der Waals surface area contributed by atoms with E-state index in [0.717, 1.165) is 12.8 Å². The van der Waals surface area contributed by atoms with Gasteiger partial charge in [-0.3, -0.25) is 0 Å². The number of rotatable bonds is 10. The van der Waals surface area contributed by atoms with Gasteiger partial charge < -0.3 is 9.84 Å². The van der Waals surface area contributed by atoms with E-state index >= 15 is 0 Å². The zero-order valence-electron chi connectivity index (χ0n) is 12.1. The number of methoxy groups -OCH3 is 1. The second-order valence-electron chi connectivity index (χ2n) is 4.91. The van der Waals surface area contributed by atoms with Gasteiger partial charge in [-0.25, -0.2) is 9.97 Å². The molecule has 1 N–H and O–H groups in total. The topological polar surface area (TPSA) is 55.2 Å². The molecule has 0 aliphatic heterocycles. The van der Waals surface area contributed by atoms with Crippen LogP contribution in [0, 0.1) is 0 Å². The van der Waals surface area contributed by atoms with Gasteiger partial charge in [-0.15, -0.1) is 0 Å². The van der Waals surface area contributed by atoms with Crippen LogP contribution in [-0.2, 0) is 0 Å². The molecule has 0 aliphatic carbocycles. The van der Waals surface area contributed by atoms with Crippen LogP contribution >= 0.6 is 0 Å². The summed E-state index contributed by atoms with van der Waals surface area (Å²) in [7, 11) is 1.56. The molecule has 108 valence electrons. The molecule has 4 nitrogen and oxygen atoms in total. The van der Waals surface area contributed by atoms with Gasteiger partial charge in [0.25, 0.3) is 0 Å². The van der Waals surface area contributed by atoms with E-state index in [9.17, 15) is 5.11 Å². The van der Waals surface area contributed by atoms with Gasteiger partial charge in [-0.05, 0) is 6.42 Å². The molecular weight excluding hydrogens is 240 g/mol. The molecule has 0 aliphatic rings. The minimum atomic E-state index is -0.507. The maximum Gasteiger partial charge on any atom is 0.216 e. The lowest BCUT2D eigenvalue weighted by Gasteiger charge is -2.10. The Morgan fingerprint density at radius 1 is 1.11 bits per heavy atom. The Labute approximate surface area is 116 Å². The van der Waals surface area contributed by atoms with E-state index in [1.165, 1.54) is 44.9 Å². The number of aliphatic hydroxyl groups excluding tert-OH is 1. The van der Waals surface area contributed by atoms with Crippen molar-refractivity contribution in [3.05, 3.63) is 18.1 Å². The average Bonchev–Trinajstić information content (AvgIpc) is 2.46. The Morgan fingerprint density at radius 3 is 2.47 bits per heavy atom. The summed E-state index contributed by atoms with van der Waals surface area (Å²) in [4.78, 5) is 8.02. The molecule has 0 fully saturated rings. The molecule has 0 spiro atoms. The summed E-state index contributed by atoms with van der Waals surface area (Å²) in [5.74, 6) is 0.503. The molecule has 1 heterocycles. The SMILES string of the molecule is CCCCCCCCCC(O)c1cc(OC)ncn1. The van der Waals surface area contributed by atoms with Gasteiger partial charge in [0.1, 0.15) is 6.33 Å². The van der Waals surface area contributed by atoms with Crippen LogP contribution in [0.5, 0.6) is 5.88 Å². The van der Waals surface area contributed by atoms with Crippen molar-refractivity contribution in [2.75, 3.05) is 7.11 Å². The Hall–Kier alpha value is -1.16. The van der Waals surface area contributed by atoms with Gasteiger partial charge in [-0.1, -0.05) is 51.9 Å². The number of hydrogen-bond acceptors (Lipinski definition) is 4. The molecule has 0 saturated heterocycles. The van der Waals surface area contributed by atoms with Gasteiger partial charge >= 0.3 is 0 Å². The molecule has 1 unspecified atom stereocenters. The number of nitrogens with zero attached hydrogens (tertiary/aromatic N) is 2. The summed E-state index contributed by atoms with van der Waals surface area (Å²) in [5.41, 5.74) is 0.651. The maximum absolute atomic E-state index is 10.0. The summed E-state index contributed by atoms with van der Waals surface area (Å²) < 4.78 is 5.02. The first-order valence-electron chi connectivity index (χ1n) is 7.32. The second kappa shape index (κ2) is 9.73. The Balaban J connectivity index is 2.18. The number of aliphatic hydroxyl groups is 1. The molecule has 0 saturated carbocycles. The third-order valence-corrected chi connectivity index (χ3v) is 3.29. The van der Waals surface area contributed by atoms with Crippen LogP contribution in [0.25, 0.3) is 0 Å². The quantitative estimate of drug-likeness (QED) is 0.657. The largest absolute Gasteiger partial charge is 0.481 e. The van der Waals surface area contributed by atoms with Crippen LogP contribution in [0.15, 0.2) is 12.4 Å². The molecule has 0 radical (unpaired) electrons. The monoisotopic (exact) mass is 266 g/mol. The fourth-order valence-electron chi connectivity index (χ4n) is 2.09. The highest BCUT2D eigenvalue weighted by Gasteiger charge is 2.10. The van der Waals surface area contributed by atoms with Crippen LogP contribution in [-0.4, -0.2) is 22.2 Å². The summed E-state index contributed by atoms with van der Waals surface area (Å²) in [6.07, 6.45) is 10.4. The number of aromatic nitrogens is 2. The highest BCUT2D eigenvalue weighted by Crippen LogP contribution is 2.20. The predicted molar refractivity (Wildman–Crippen MR) is 76.2 cm³/mol. The number of ether oxygens (including phenoxy) is 1. The Morgan fingerprint density at radius 2 is 1.79 bits per heavy atom. The van der Waals surface area contributed by atoms with Crippen molar-refractivity contribution in [2.24, 2.45) is 0 Å². The third-order valence-electron chi connectivity index (χ3n) is 3.29. The Kier molecular flexibility index (Phi) is 8.14. The fourth-order valence-corrected chi connectivity index (χ4v) is 2.09. The molecule has 0 amide bonds. The number of hydrogen-bond donors (Lipinski definition) is 1. The van der Waals surface area contributed by atoms with E-state index in [4.69, 9.17) is 4.74 Å². The smallest absolute Gasteiger partial charge is 0.216 e. The van der Waals surface area contributed by atoms with Gasteiger partial charge in [0.2, 0.25) is 5.88 Å². The zero-order chi connectivity index (χ0) is 13.9. The lowest BCUT2D eigenvalue weighted by atomic mass is 10.0. The van der Waals surface area contributed by atoms with Crippen molar-refractivity contribution < 1.29 is 9.84 Å². The molecular formula is C15H26N2O2. The normalized spacial score (nSPS) is 12.4. The van der Waals surface area contributed by atoms with Crippen molar-refractivity contribution in [1.29, 1.82) is 0 Å². The minimum Gasteiger partial charge on any atom is -0.481 e. The molecule has 1 aromatic heterocycles. The molecule has 19 heavy (non-hydrogen) atoms. The van der Waals surface area contributed by atoms with Crippen molar-refractivity contribution >= 4 is 0 Å². The molecule has 1 rings (SSSR count). The van der Waals surface area contributed by atoms with E-state index in [1.54, 1.807) is 13.2 Å². The van der Waals surface area contributed by atoms with Gasteiger partial charge in [0, 0.05) is 6.07 Å².